The van der Waals surface area contributed by atoms with Crippen molar-refractivity contribution < 1.29 is 9.47 Å². The number of pyridine rings is 1. The zero-order valence-corrected chi connectivity index (χ0v) is 24.4. The number of nitrogens with zero attached hydrogens (tertiary/aromatic N) is 3. The smallest absolute Gasteiger partial charge is 0.174 e. The predicted molar refractivity (Wildman–Crippen MR) is 167 cm³/mol. The Hall–Kier alpha value is -4.62. The third-order valence-electron chi connectivity index (χ3n) is 7.65. The number of para-hydroxylation sites is 1. The molecule has 0 unspecified atom stereocenters. The zero-order chi connectivity index (χ0) is 28.5. The fourth-order valence-corrected chi connectivity index (χ4v) is 6.02. The normalized spacial score (nSPS) is 16.5. The number of methoxy groups -OCH3 is 1. The van der Waals surface area contributed by atoms with Gasteiger partial charge in [0.1, 0.15) is 17.2 Å². The number of hydrogen-bond donors (Lipinski definition) is 1. The van der Waals surface area contributed by atoms with E-state index in [4.69, 9.17) is 26.7 Å². The van der Waals surface area contributed by atoms with Crippen molar-refractivity contribution in [2.24, 2.45) is 0 Å². The fraction of sp³-hybridized carbons (Fsp3) is 0.176. The van der Waals surface area contributed by atoms with Gasteiger partial charge in [-0.1, -0.05) is 24.3 Å². The van der Waals surface area contributed by atoms with Gasteiger partial charge in [-0.05, 0) is 117 Å². The van der Waals surface area contributed by atoms with Crippen molar-refractivity contribution in [2.75, 3.05) is 12.0 Å². The first-order valence-electron chi connectivity index (χ1n) is 13.6. The summed E-state index contributed by atoms with van der Waals surface area (Å²) in [7, 11) is 1.65. The second kappa shape index (κ2) is 11.1. The molecule has 7 heteroatoms. The third kappa shape index (κ3) is 5.05. The van der Waals surface area contributed by atoms with Crippen LogP contribution in [0.5, 0.6) is 17.2 Å². The number of ether oxygens (including phenoxy) is 2. The van der Waals surface area contributed by atoms with Crippen molar-refractivity contribution in [3.05, 3.63) is 131 Å². The van der Waals surface area contributed by atoms with Crippen LogP contribution in [-0.4, -0.2) is 21.8 Å². The molecule has 3 heterocycles. The molecule has 0 aliphatic carbocycles. The van der Waals surface area contributed by atoms with Crippen LogP contribution < -0.4 is 19.7 Å². The minimum atomic E-state index is -0.121. The van der Waals surface area contributed by atoms with Crippen LogP contribution in [0.3, 0.4) is 0 Å². The van der Waals surface area contributed by atoms with Crippen LogP contribution in [0, 0.1) is 20.8 Å². The average molecular weight is 561 g/mol. The molecule has 6 rings (SSSR count). The summed E-state index contributed by atoms with van der Waals surface area (Å²) in [6.07, 6.45) is 1.84. The Bertz CT molecular complexity index is 1680. The maximum atomic E-state index is 6.09. The molecule has 0 spiro atoms. The van der Waals surface area contributed by atoms with Crippen molar-refractivity contribution in [3.8, 4) is 22.9 Å². The summed E-state index contributed by atoms with van der Waals surface area (Å²) in [6.45, 7) is 6.50. The number of thiocarbonyl (C=S) groups is 1. The SMILES string of the molecule is COc1ccc(Oc2ccc(N3C(=S)N[C@@H](c4ccccn4)[C@H]3c3cc(C)n(-c4ccccc4C)c3C)cc2)cc1. The van der Waals surface area contributed by atoms with Crippen LogP contribution in [-0.2, 0) is 0 Å². The van der Waals surface area contributed by atoms with E-state index in [1.165, 1.54) is 28.2 Å². The first-order chi connectivity index (χ1) is 19.9. The van der Waals surface area contributed by atoms with Crippen molar-refractivity contribution in [1.29, 1.82) is 0 Å². The van der Waals surface area contributed by atoms with Gasteiger partial charge in [-0.2, -0.15) is 0 Å². The lowest BCUT2D eigenvalue weighted by molar-refractivity contribution is 0.413. The second-order valence-corrected chi connectivity index (χ2v) is 10.6. The number of aryl methyl sites for hydroxylation is 2. The number of rotatable bonds is 7. The standard InChI is InChI=1S/C34H32N4O2S/c1-22-9-5-6-11-31(22)37-23(2)21-29(24(37)3)33-32(30-10-7-8-20-35-30)36-34(41)38(33)25-12-14-27(15-13-25)40-28-18-16-26(39-4)17-19-28/h5-21,32-33H,1-4H3,(H,36,41)/t32-,33+/m0/s1. The first-order valence-corrected chi connectivity index (χ1v) is 14.0. The van der Waals surface area contributed by atoms with Crippen LogP contribution in [0.15, 0.2) is 103 Å². The summed E-state index contributed by atoms with van der Waals surface area (Å²) in [5.41, 5.74) is 7.89. The first kappa shape index (κ1) is 26.6. The number of hydrogen-bond acceptors (Lipinski definition) is 4. The molecule has 2 aromatic heterocycles. The molecule has 0 radical (unpaired) electrons. The highest BCUT2D eigenvalue weighted by Gasteiger charge is 2.42. The summed E-state index contributed by atoms with van der Waals surface area (Å²) in [4.78, 5) is 6.92. The van der Waals surface area contributed by atoms with Crippen LogP contribution >= 0.6 is 12.2 Å². The van der Waals surface area contributed by atoms with E-state index >= 15 is 0 Å². The molecule has 0 bridgehead atoms. The van der Waals surface area contributed by atoms with Gasteiger partial charge in [0.2, 0.25) is 0 Å². The molecular formula is C34H32N4O2S. The Morgan fingerprint density at radius 1 is 0.805 bits per heavy atom. The number of anilines is 1. The monoisotopic (exact) mass is 560 g/mol. The minimum absolute atomic E-state index is 0.102. The van der Waals surface area contributed by atoms with Gasteiger partial charge in [0.05, 0.1) is 24.9 Å². The molecule has 3 aromatic carbocycles. The largest absolute Gasteiger partial charge is 0.497 e. The molecule has 0 amide bonds. The number of aromatic nitrogens is 2. The van der Waals surface area contributed by atoms with Crippen LogP contribution in [0.25, 0.3) is 5.69 Å². The molecule has 0 saturated carbocycles. The van der Waals surface area contributed by atoms with Crippen molar-refractivity contribution in [2.45, 2.75) is 32.9 Å². The summed E-state index contributed by atoms with van der Waals surface area (Å²) >= 11 is 5.97. The third-order valence-corrected chi connectivity index (χ3v) is 7.97. The van der Waals surface area contributed by atoms with Crippen LogP contribution in [0.4, 0.5) is 5.69 Å². The molecule has 2 atom stereocenters. The summed E-state index contributed by atoms with van der Waals surface area (Å²) < 4.78 is 13.7. The topological polar surface area (TPSA) is 51.6 Å². The average Bonchev–Trinajstić information content (AvgIpc) is 3.49. The molecule has 206 valence electrons. The van der Waals surface area contributed by atoms with E-state index in [0.717, 1.165) is 28.6 Å². The summed E-state index contributed by atoms with van der Waals surface area (Å²) in [5, 5.41) is 4.24. The van der Waals surface area contributed by atoms with Gasteiger partial charge in [0.15, 0.2) is 5.11 Å². The molecule has 1 fully saturated rings. The maximum absolute atomic E-state index is 6.09. The minimum Gasteiger partial charge on any atom is -0.497 e. The lowest BCUT2D eigenvalue weighted by Gasteiger charge is -2.28. The Morgan fingerprint density at radius 3 is 2.12 bits per heavy atom. The van der Waals surface area contributed by atoms with Gasteiger partial charge in [0.25, 0.3) is 0 Å². The van der Waals surface area contributed by atoms with Crippen LogP contribution in [0.1, 0.15) is 40.3 Å². The van der Waals surface area contributed by atoms with Gasteiger partial charge in [-0.15, -0.1) is 0 Å². The Kier molecular flexibility index (Phi) is 7.20. The van der Waals surface area contributed by atoms with E-state index in [-0.39, 0.29) is 12.1 Å². The molecule has 1 saturated heterocycles. The van der Waals surface area contributed by atoms with Crippen LogP contribution in [0.2, 0.25) is 0 Å². The van der Waals surface area contributed by atoms with Crippen molar-refractivity contribution >= 4 is 23.0 Å². The van der Waals surface area contributed by atoms with E-state index in [1.807, 2.05) is 54.7 Å². The molecule has 5 aromatic rings. The Labute approximate surface area is 246 Å². The van der Waals surface area contributed by atoms with Gasteiger partial charge in [0, 0.05) is 29.0 Å². The van der Waals surface area contributed by atoms with Gasteiger partial charge in [-0.25, -0.2) is 0 Å². The molecule has 1 aliphatic rings. The molecule has 6 nitrogen and oxygen atoms in total. The van der Waals surface area contributed by atoms with E-state index < -0.39 is 0 Å². The predicted octanol–water partition coefficient (Wildman–Crippen LogP) is 7.78. The highest BCUT2D eigenvalue weighted by atomic mass is 32.1. The molecule has 41 heavy (non-hydrogen) atoms. The van der Waals surface area contributed by atoms with E-state index in [9.17, 15) is 0 Å². The maximum Gasteiger partial charge on any atom is 0.174 e. The van der Waals surface area contributed by atoms with Gasteiger partial charge < -0.3 is 24.3 Å². The van der Waals surface area contributed by atoms with Gasteiger partial charge in [-0.3, -0.25) is 4.98 Å². The molecule has 1 aliphatic heterocycles. The lowest BCUT2D eigenvalue weighted by Crippen LogP contribution is -2.29. The van der Waals surface area contributed by atoms with Crippen molar-refractivity contribution in [1.82, 2.24) is 14.9 Å². The highest BCUT2D eigenvalue weighted by molar-refractivity contribution is 7.80. The van der Waals surface area contributed by atoms with E-state index in [2.05, 4.69) is 84.1 Å². The quantitative estimate of drug-likeness (QED) is 0.205. The zero-order valence-electron chi connectivity index (χ0n) is 23.5. The molecular weight excluding hydrogens is 528 g/mol. The highest BCUT2D eigenvalue weighted by Crippen LogP contribution is 2.44. The number of nitrogens with one attached hydrogen (secondary N) is 1. The summed E-state index contributed by atoms with van der Waals surface area (Å²) in [5.74, 6) is 2.28. The Morgan fingerprint density at radius 2 is 1.46 bits per heavy atom. The van der Waals surface area contributed by atoms with E-state index in [0.29, 0.717) is 5.11 Å². The Balaban J connectivity index is 1.39. The second-order valence-electron chi connectivity index (χ2n) is 10.2. The summed E-state index contributed by atoms with van der Waals surface area (Å²) in [6, 6.07) is 32.2. The van der Waals surface area contributed by atoms with Gasteiger partial charge >= 0.3 is 0 Å². The molecule has 1 N–H and O–H groups in total. The lowest BCUT2D eigenvalue weighted by atomic mass is 9.96. The fourth-order valence-electron chi connectivity index (χ4n) is 5.68. The van der Waals surface area contributed by atoms with Crippen molar-refractivity contribution in [3.63, 3.8) is 0 Å². The number of benzene rings is 3. The van der Waals surface area contributed by atoms with E-state index in [1.54, 1.807) is 7.11 Å².